The molecule has 0 N–H and O–H groups in total. The lowest BCUT2D eigenvalue weighted by molar-refractivity contribution is 0.243. The third-order valence-corrected chi connectivity index (χ3v) is 1.47. The van der Waals surface area contributed by atoms with E-state index in [0.717, 1.165) is 6.42 Å². The van der Waals surface area contributed by atoms with Gasteiger partial charge in [0.2, 0.25) is 10.5 Å². The van der Waals surface area contributed by atoms with E-state index in [2.05, 4.69) is 10.5 Å². The molecule has 0 fully saturated rings. The molecule has 1 nitrogen and oxygen atoms in total. The fourth-order valence-corrected chi connectivity index (χ4v) is 0.861. The molecule has 41 valence electrons. The lowest BCUT2D eigenvalue weighted by Gasteiger charge is -2.06. The first kappa shape index (κ1) is 7.47. The molecule has 0 saturated heterocycles. The average molecular weight is 136 g/mol. The monoisotopic (exact) mass is 135 g/mol. The van der Waals surface area contributed by atoms with E-state index >= 15 is 0 Å². The molecule has 0 aliphatic rings. The predicted octanol–water partition coefficient (Wildman–Crippen LogP) is 1.10. The summed E-state index contributed by atoms with van der Waals surface area (Å²) in [5.74, 6) is 0.556. The van der Waals surface area contributed by atoms with Crippen LogP contribution in [0.25, 0.3) is 0 Å². The highest BCUT2D eigenvalue weighted by Gasteiger charge is 1.97. The zero-order valence-electron chi connectivity index (χ0n) is 4.28. The summed E-state index contributed by atoms with van der Waals surface area (Å²) < 4.78 is 4.72. The van der Waals surface area contributed by atoms with Crippen LogP contribution in [0.1, 0.15) is 13.3 Å². The second kappa shape index (κ2) is 4.62. The zero-order valence-corrected chi connectivity index (χ0v) is 6.03. The van der Waals surface area contributed by atoms with Crippen molar-refractivity contribution in [1.82, 2.24) is 0 Å². The molecule has 0 rings (SSSR count). The molecule has 3 heteroatoms. The Balaban J connectivity index is 2.99. The summed E-state index contributed by atoms with van der Waals surface area (Å²) >= 11 is 5.41. The van der Waals surface area contributed by atoms with Crippen molar-refractivity contribution in [2.24, 2.45) is 0 Å². The van der Waals surface area contributed by atoms with Gasteiger partial charge in [-0.1, -0.05) is 6.92 Å². The van der Waals surface area contributed by atoms with Gasteiger partial charge in [0.15, 0.2) is 0 Å². The van der Waals surface area contributed by atoms with E-state index in [1.807, 2.05) is 6.92 Å². The molecule has 0 amide bonds. The maximum atomic E-state index is 5.41. The van der Waals surface area contributed by atoms with Crippen LogP contribution in [0.15, 0.2) is 0 Å². The van der Waals surface area contributed by atoms with Crippen LogP contribution in [0.3, 0.4) is 0 Å². The van der Waals surface area contributed by atoms with Crippen molar-refractivity contribution in [3.63, 3.8) is 0 Å². The number of alkyl halides is 1. The standard InChI is InChI=1S/C4H8ClOSi/c1-2-4(3-5)6-7/h4H,2-3H2,1H3. The summed E-state index contributed by atoms with van der Waals surface area (Å²) in [6, 6.07) is 0. The summed E-state index contributed by atoms with van der Waals surface area (Å²) in [6.07, 6.45) is 1.12. The van der Waals surface area contributed by atoms with Crippen molar-refractivity contribution >= 4 is 22.1 Å². The largest absolute Gasteiger partial charge is 0.415 e. The third-order valence-electron chi connectivity index (χ3n) is 0.794. The van der Waals surface area contributed by atoms with E-state index in [-0.39, 0.29) is 6.10 Å². The first-order valence-corrected chi connectivity index (χ1v) is 3.17. The van der Waals surface area contributed by atoms with Gasteiger partial charge < -0.3 is 4.43 Å². The quantitative estimate of drug-likeness (QED) is 0.416. The molecule has 1 unspecified atom stereocenters. The van der Waals surface area contributed by atoms with Crippen LogP contribution in [-0.2, 0) is 4.43 Å². The fraction of sp³-hybridized carbons (Fsp3) is 1.00. The van der Waals surface area contributed by atoms with E-state index in [1.54, 1.807) is 0 Å². The Kier molecular flexibility index (Phi) is 4.93. The molecular weight excluding hydrogens is 128 g/mol. The van der Waals surface area contributed by atoms with E-state index < -0.39 is 0 Å². The summed E-state index contributed by atoms with van der Waals surface area (Å²) in [6.45, 7) is 2.02. The summed E-state index contributed by atoms with van der Waals surface area (Å²) in [5.41, 5.74) is 0. The molecule has 1 atom stereocenters. The van der Waals surface area contributed by atoms with E-state index in [9.17, 15) is 0 Å². The Morgan fingerprint density at radius 2 is 2.43 bits per heavy atom. The SMILES string of the molecule is CCC(CCl)O[Si]. The van der Waals surface area contributed by atoms with E-state index in [0.29, 0.717) is 5.88 Å². The van der Waals surface area contributed by atoms with Crippen LogP contribution < -0.4 is 0 Å². The molecule has 0 spiro atoms. The molecule has 0 aromatic rings. The van der Waals surface area contributed by atoms with Crippen molar-refractivity contribution in [3.05, 3.63) is 0 Å². The Bertz CT molecular complexity index is 33.2. The van der Waals surface area contributed by atoms with Gasteiger partial charge in [-0.2, -0.15) is 0 Å². The molecule has 0 heterocycles. The Labute approximate surface area is 52.5 Å². The number of halogens is 1. The van der Waals surface area contributed by atoms with Crippen molar-refractivity contribution in [1.29, 1.82) is 0 Å². The fourth-order valence-electron chi connectivity index (χ4n) is 0.224. The minimum absolute atomic E-state index is 0.165. The summed E-state index contributed by atoms with van der Waals surface area (Å²) in [7, 11) is 2.90. The van der Waals surface area contributed by atoms with Crippen LogP contribution in [0.2, 0.25) is 0 Å². The molecule has 0 aliphatic heterocycles. The van der Waals surface area contributed by atoms with Crippen LogP contribution >= 0.6 is 11.6 Å². The van der Waals surface area contributed by atoms with E-state index in [4.69, 9.17) is 16.0 Å². The van der Waals surface area contributed by atoms with Gasteiger partial charge in [0, 0.05) is 5.88 Å². The summed E-state index contributed by atoms with van der Waals surface area (Å²) in [5, 5.41) is 0. The predicted molar refractivity (Wildman–Crippen MR) is 31.6 cm³/mol. The van der Waals surface area contributed by atoms with Crippen molar-refractivity contribution < 1.29 is 4.43 Å². The maximum absolute atomic E-state index is 5.41. The number of hydrogen-bond acceptors (Lipinski definition) is 1. The second-order valence-corrected chi connectivity index (χ2v) is 1.85. The lowest BCUT2D eigenvalue weighted by Crippen LogP contribution is -2.10. The van der Waals surface area contributed by atoms with Gasteiger partial charge in [-0.25, -0.2) is 0 Å². The van der Waals surface area contributed by atoms with Gasteiger partial charge in [0.05, 0.1) is 6.10 Å². The average Bonchev–Trinajstić information content (AvgIpc) is 1.72. The van der Waals surface area contributed by atoms with Crippen molar-refractivity contribution in [2.45, 2.75) is 19.4 Å². The maximum Gasteiger partial charge on any atom is 0.246 e. The lowest BCUT2D eigenvalue weighted by atomic mass is 10.3. The van der Waals surface area contributed by atoms with Crippen LogP contribution in [-0.4, -0.2) is 22.5 Å². The molecule has 0 aromatic heterocycles. The van der Waals surface area contributed by atoms with Gasteiger partial charge in [0.1, 0.15) is 0 Å². The third kappa shape index (κ3) is 3.09. The Morgan fingerprint density at radius 3 is 2.43 bits per heavy atom. The molecule has 7 heavy (non-hydrogen) atoms. The highest BCUT2D eigenvalue weighted by Crippen LogP contribution is 1.96. The van der Waals surface area contributed by atoms with Crippen molar-refractivity contribution in [3.8, 4) is 0 Å². The Hall–Kier alpha value is 0.467. The van der Waals surface area contributed by atoms with Gasteiger partial charge >= 0.3 is 0 Å². The normalized spacial score (nSPS) is 14.1. The number of rotatable bonds is 3. The first-order chi connectivity index (χ1) is 3.35. The second-order valence-electron chi connectivity index (χ2n) is 1.30. The smallest absolute Gasteiger partial charge is 0.246 e. The molecule has 0 bridgehead atoms. The number of hydrogen-bond donors (Lipinski definition) is 0. The van der Waals surface area contributed by atoms with Gasteiger partial charge in [-0.15, -0.1) is 11.6 Å². The van der Waals surface area contributed by atoms with Gasteiger partial charge in [0.25, 0.3) is 0 Å². The highest BCUT2D eigenvalue weighted by atomic mass is 35.5. The minimum atomic E-state index is 0.165. The molecular formula is C4H8ClOSi. The van der Waals surface area contributed by atoms with Crippen LogP contribution in [0, 0.1) is 0 Å². The molecule has 0 aromatic carbocycles. The van der Waals surface area contributed by atoms with Crippen molar-refractivity contribution in [2.75, 3.05) is 5.88 Å². The molecule has 3 radical (unpaired) electrons. The molecule has 0 aliphatic carbocycles. The minimum Gasteiger partial charge on any atom is -0.415 e. The van der Waals surface area contributed by atoms with E-state index in [1.165, 1.54) is 0 Å². The topological polar surface area (TPSA) is 9.23 Å². The van der Waals surface area contributed by atoms with Gasteiger partial charge in [-0.05, 0) is 6.42 Å². The summed E-state index contributed by atoms with van der Waals surface area (Å²) in [4.78, 5) is 0. The van der Waals surface area contributed by atoms with Crippen LogP contribution in [0.4, 0.5) is 0 Å². The first-order valence-electron chi connectivity index (χ1n) is 2.23. The van der Waals surface area contributed by atoms with Gasteiger partial charge in [-0.3, -0.25) is 0 Å². The highest BCUT2D eigenvalue weighted by molar-refractivity contribution is 6.18. The molecule has 0 saturated carbocycles. The Morgan fingerprint density at radius 1 is 1.86 bits per heavy atom. The van der Waals surface area contributed by atoms with Crippen LogP contribution in [0.5, 0.6) is 0 Å². The zero-order chi connectivity index (χ0) is 5.70.